The Kier molecular flexibility index (Phi) is 7.23. The number of rotatable bonds is 5. The molecule has 1 heterocycles. The van der Waals surface area contributed by atoms with Crippen LogP contribution >= 0.6 is 58.0 Å². The Balaban J connectivity index is 2.11. The molecule has 1 aliphatic heterocycles. The van der Waals surface area contributed by atoms with Gasteiger partial charge in [0.2, 0.25) is 9.63 Å². The quantitative estimate of drug-likeness (QED) is 0.402. The molecule has 3 rings (SSSR count). The SMILES string of the molecule is CN1C(=O)C(=NC(Nc2ccccc2Cl)C(Cl)C(Cl)(Cl)Cl)N(c2ccccc2F)C1=O. The van der Waals surface area contributed by atoms with E-state index in [9.17, 15) is 14.0 Å². The summed E-state index contributed by atoms with van der Waals surface area (Å²) in [5.41, 5.74) is 0.224. The van der Waals surface area contributed by atoms with Gasteiger partial charge in [0.1, 0.15) is 17.4 Å². The van der Waals surface area contributed by atoms with Crippen molar-refractivity contribution in [2.75, 3.05) is 17.3 Å². The fourth-order valence-corrected chi connectivity index (χ4v) is 3.42. The van der Waals surface area contributed by atoms with Crippen LogP contribution in [-0.2, 0) is 4.79 Å². The predicted molar refractivity (Wildman–Crippen MR) is 123 cm³/mol. The molecule has 1 N–H and O–H groups in total. The van der Waals surface area contributed by atoms with E-state index in [1.807, 2.05) is 0 Å². The molecule has 6 nitrogen and oxygen atoms in total. The van der Waals surface area contributed by atoms with E-state index in [1.54, 1.807) is 24.3 Å². The van der Waals surface area contributed by atoms with Crippen LogP contribution in [0.4, 0.5) is 20.6 Å². The molecule has 3 amide bonds. The van der Waals surface area contributed by atoms with Gasteiger partial charge in [0.15, 0.2) is 0 Å². The number of nitrogens with zero attached hydrogens (tertiary/aromatic N) is 3. The van der Waals surface area contributed by atoms with Gasteiger partial charge in [-0.1, -0.05) is 70.7 Å². The number of hydrogen-bond acceptors (Lipinski definition) is 4. The van der Waals surface area contributed by atoms with E-state index in [2.05, 4.69) is 10.3 Å². The molecule has 0 bridgehead atoms. The molecule has 2 aromatic rings. The summed E-state index contributed by atoms with van der Waals surface area (Å²) in [6.07, 6.45) is -1.23. The molecule has 0 radical (unpaired) electrons. The highest BCUT2D eigenvalue weighted by Crippen LogP contribution is 2.38. The summed E-state index contributed by atoms with van der Waals surface area (Å²) in [6.45, 7) is 0. The van der Waals surface area contributed by atoms with Crippen LogP contribution in [0, 0.1) is 5.82 Å². The van der Waals surface area contributed by atoms with Crippen molar-refractivity contribution in [1.82, 2.24) is 4.90 Å². The molecule has 12 heteroatoms. The van der Waals surface area contributed by atoms with E-state index < -0.39 is 38.9 Å². The minimum Gasteiger partial charge on any atom is -0.361 e. The van der Waals surface area contributed by atoms with Crippen LogP contribution in [0.1, 0.15) is 0 Å². The topological polar surface area (TPSA) is 65.0 Å². The van der Waals surface area contributed by atoms with Crippen molar-refractivity contribution in [2.24, 2.45) is 4.99 Å². The van der Waals surface area contributed by atoms with Crippen molar-refractivity contribution >= 4 is 87.2 Å². The fraction of sp³-hybridized carbons (Fsp3) is 0.211. The van der Waals surface area contributed by atoms with E-state index >= 15 is 0 Å². The Morgan fingerprint density at radius 1 is 1.06 bits per heavy atom. The molecule has 2 unspecified atom stereocenters. The van der Waals surface area contributed by atoms with E-state index in [-0.39, 0.29) is 5.69 Å². The molecule has 1 fully saturated rings. The second kappa shape index (κ2) is 9.38. The third-order valence-electron chi connectivity index (χ3n) is 4.31. The Hall–Kier alpha value is -1.77. The number of amides is 3. The molecule has 2 atom stereocenters. The number of aliphatic imine (C=N–C) groups is 1. The lowest BCUT2D eigenvalue weighted by atomic mass is 10.2. The van der Waals surface area contributed by atoms with Gasteiger partial charge in [0.05, 0.1) is 16.4 Å². The summed E-state index contributed by atoms with van der Waals surface area (Å²) in [4.78, 5) is 31.3. The van der Waals surface area contributed by atoms with Gasteiger partial charge >= 0.3 is 6.03 Å². The average Bonchev–Trinajstić information content (AvgIpc) is 2.92. The summed E-state index contributed by atoms with van der Waals surface area (Å²) < 4.78 is 12.4. The third-order valence-corrected chi connectivity index (χ3v) is 6.24. The van der Waals surface area contributed by atoms with Gasteiger partial charge < -0.3 is 5.32 Å². The van der Waals surface area contributed by atoms with Crippen molar-refractivity contribution < 1.29 is 14.0 Å². The fourth-order valence-electron chi connectivity index (χ4n) is 2.76. The predicted octanol–water partition coefficient (Wildman–Crippen LogP) is 5.69. The summed E-state index contributed by atoms with van der Waals surface area (Å²) in [6, 6.07) is 11.3. The third kappa shape index (κ3) is 5.02. The zero-order valence-corrected chi connectivity index (χ0v) is 19.5. The maximum atomic E-state index is 14.4. The molecule has 31 heavy (non-hydrogen) atoms. The van der Waals surface area contributed by atoms with Crippen LogP contribution in [-0.4, -0.2) is 45.1 Å². The van der Waals surface area contributed by atoms with Crippen molar-refractivity contribution in [3.8, 4) is 0 Å². The van der Waals surface area contributed by atoms with Gasteiger partial charge in [-0.25, -0.2) is 19.1 Å². The van der Waals surface area contributed by atoms with Crippen LogP contribution in [0.25, 0.3) is 0 Å². The van der Waals surface area contributed by atoms with Gasteiger partial charge in [0, 0.05) is 7.05 Å². The molecule has 0 spiro atoms. The number of benzene rings is 2. The van der Waals surface area contributed by atoms with Crippen LogP contribution in [0.15, 0.2) is 53.5 Å². The van der Waals surface area contributed by atoms with Crippen LogP contribution < -0.4 is 10.2 Å². The normalized spacial score (nSPS) is 18.0. The van der Waals surface area contributed by atoms with Crippen LogP contribution in [0.5, 0.6) is 0 Å². The highest BCUT2D eigenvalue weighted by Gasteiger charge is 2.45. The number of hydrogen-bond donors (Lipinski definition) is 1. The first-order valence-corrected chi connectivity index (χ1v) is 10.6. The monoisotopic (exact) mass is 524 g/mol. The number of urea groups is 1. The molecular weight excluding hydrogens is 512 g/mol. The number of para-hydroxylation sites is 2. The smallest absolute Gasteiger partial charge is 0.337 e. The van der Waals surface area contributed by atoms with Crippen molar-refractivity contribution in [3.05, 3.63) is 59.4 Å². The Morgan fingerprint density at radius 2 is 1.68 bits per heavy atom. The number of carbonyl (C=O) groups is 2. The van der Waals surface area contributed by atoms with Crippen molar-refractivity contribution in [1.29, 1.82) is 0 Å². The lowest BCUT2D eigenvalue weighted by Gasteiger charge is -2.27. The van der Waals surface area contributed by atoms with Gasteiger partial charge in [-0.05, 0) is 24.3 Å². The number of alkyl halides is 4. The number of likely N-dealkylation sites (N-methyl/N-ethyl adjacent to an activating group) is 1. The first kappa shape index (κ1) is 23.9. The number of imide groups is 1. The summed E-state index contributed by atoms with van der Waals surface area (Å²) in [7, 11) is 1.24. The molecule has 0 aromatic heterocycles. The second-order valence-electron chi connectivity index (χ2n) is 6.40. The lowest BCUT2D eigenvalue weighted by Crippen LogP contribution is -2.41. The minimum atomic E-state index is -2.01. The van der Waals surface area contributed by atoms with E-state index in [1.165, 1.54) is 25.2 Å². The van der Waals surface area contributed by atoms with Crippen molar-refractivity contribution in [2.45, 2.75) is 15.3 Å². The number of nitrogens with one attached hydrogen (secondary N) is 1. The summed E-state index contributed by atoms with van der Waals surface area (Å²) in [5.74, 6) is -1.92. The Morgan fingerprint density at radius 3 is 2.29 bits per heavy atom. The number of carbonyl (C=O) groups excluding carboxylic acids is 2. The maximum absolute atomic E-state index is 14.4. The lowest BCUT2D eigenvalue weighted by molar-refractivity contribution is -0.119. The zero-order valence-electron chi connectivity index (χ0n) is 15.7. The zero-order chi connectivity index (χ0) is 22.9. The molecule has 1 saturated heterocycles. The second-order valence-corrected chi connectivity index (χ2v) is 9.65. The van der Waals surface area contributed by atoms with Gasteiger partial charge in [-0.15, -0.1) is 11.6 Å². The van der Waals surface area contributed by atoms with E-state index in [4.69, 9.17) is 58.0 Å². The molecular formula is C19H14Cl5FN4O2. The van der Waals surface area contributed by atoms with Crippen LogP contribution in [0.2, 0.25) is 5.02 Å². The minimum absolute atomic E-state index is 0.166. The number of amidine groups is 1. The first-order chi connectivity index (χ1) is 14.5. The molecule has 1 aliphatic rings. The summed E-state index contributed by atoms with van der Waals surface area (Å²) >= 11 is 30.4. The first-order valence-electron chi connectivity index (χ1n) is 8.68. The van der Waals surface area contributed by atoms with E-state index in [0.29, 0.717) is 10.7 Å². The molecule has 2 aromatic carbocycles. The molecule has 164 valence electrons. The Labute approximate surface area is 202 Å². The number of anilines is 2. The highest BCUT2D eigenvalue weighted by atomic mass is 35.6. The molecule has 0 aliphatic carbocycles. The van der Waals surface area contributed by atoms with Crippen LogP contribution in [0.3, 0.4) is 0 Å². The number of halogens is 6. The molecule has 0 saturated carbocycles. The van der Waals surface area contributed by atoms with Gasteiger partial charge in [-0.3, -0.25) is 9.69 Å². The average molecular weight is 527 g/mol. The maximum Gasteiger partial charge on any atom is 0.337 e. The Bertz CT molecular complexity index is 1050. The van der Waals surface area contributed by atoms with Gasteiger partial charge in [0.25, 0.3) is 5.91 Å². The summed E-state index contributed by atoms with van der Waals surface area (Å²) in [5, 5.41) is 1.92. The van der Waals surface area contributed by atoms with E-state index in [0.717, 1.165) is 15.9 Å². The van der Waals surface area contributed by atoms with Gasteiger partial charge in [-0.2, -0.15) is 0 Å². The largest absolute Gasteiger partial charge is 0.361 e. The highest BCUT2D eigenvalue weighted by molar-refractivity contribution is 6.70. The van der Waals surface area contributed by atoms with Crippen molar-refractivity contribution in [3.63, 3.8) is 0 Å². The standard InChI is InChI=1S/C19H14Cl5FN4O2/c1-28-17(30)16(29(18(28)31)13-9-5-3-7-11(13)25)27-15(14(21)19(22,23)24)26-12-8-4-2-6-10(12)20/h2-9,14-15,26H,1H3.